The second-order valence-corrected chi connectivity index (χ2v) is 7.08. The number of morpholine rings is 1. The molecule has 0 spiro atoms. The van der Waals surface area contributed by atoms with Gasteiger partial charge >= 0.3 is 0 Å². The number of amides is 1. The Labute approximate surface area is 166 Å². The van der Waals surface area contributed by atoms with Crippen molar-refractivity contribution in [3.05, 3.63) is 58.6 Å². The van der Waals surface area contributed by atoms with E-state index < -0.39 is 0 Å². The zero-order chi connectivity index (χ0) is 18.4. The molecule has 7 heteroatoms. The van der Waals surface area contributed by atoms with Crippen molar-refractivity contribution in [1.29, 1.82) is 0 Å². The van der Waals surface area contributed by atoms with E-state index in [-0.39, 0.29) is 12.5 Å². The molecule has 1 fully saturated rings. The first-order valence-corrected chi connectivity index (χ1v) is 9.47. The van der Waals surface area contributed by atoms with Crippen LogP contribution < -0.4 is 10.1 Å². The number of carbonyl (C=O) groups is 1. The fourth-order valence-electron chi connectivity index (χ4n) is 2.52. The lowest BCUT2D eigenvalue weighted by Crippen LogP contribution is -2.40. The average molecular weight is 435 g/mol. The molecule has 0 atom stereocenters. The van der Waals surface area contributed by atoms with Crippen LogP contribution in [0.25, 0.3) is 0 Å². The summed E-state index contributed by atoms with van der Waals surface area (Å²) >= 11 is 8.89. The second kappa shape index (κ2) is 9.12. The Morgan fingerprint density at radius 2 is 1.77 bits per heavy atom. The van der Waals surface area contributed by atoms with E-state index in [9.17, 15) is 4.79 Å². The van der Waals surface area contributed by atoms with Crippen LogP contribution in [0.2, 0.25) is 0 Å². The van der Waals surface area contributed by atoms with Crippen LogP contribution in [0.4, 0.5) is 5.69 Å². The number of benzene rings is 2. The van der Waals surface area contributed by atoms with Gasteiger partial charge in [-0.3, -0.25) is 4.79 Å². The monoisotopic (exact) mass is 434 g/mol. The molecule has 2 aromatic rings. The summed E-state index contributed by atoms with van der Waals surface area (Å²) in [7, 11) is 0. The zero-order valence-corrected chi connectivity index (χ0v) is 16.5. The molecule has 1 aliphatic heterocycles. The minimum atomic E-state index is -0.208. The molecule has 1 amide bonds. The van der Waals surface area contributed by atoms with Gasteiger partial charge in [-0.2, -0.15) is 0 Å². The number of hydrogen-bond acceptors (Lipinski definition) is 4. The Morgan fingerprint density at radius 3 is 2.42 bits per heavy atom. The Bertz CT molecular complexity index is 759. The molecule has 0 bridgehead atoms. The van der Waals surface area contributed by atoms with Crippen LogP contribution in [0.1, 0.15) is 5.56 Å². The molecule has 3 rings (SSSR count). The molecule has 2 aromatic carbocycles. The summed E-state index contributed by atoms with van der Waals surface area (Å²) in [5.41, 5.74) is 1.70. The van der Waals surface area contributed by atoms with Crippen LogP contribution in [0, 0.1) is 0 Å². The van der Waals surface area contributed by atoms with Gasteiger partial charge in [0, 0.05) is 28.8 Å². The lowest BCUT2D eigenvalue weighted by molar-refractivity contribution is -0.118. The molecule has 0 unspecified atom stereocenters. The number of nitrogens with zero attached hydrogens (tertiary/aromatic N) is 1. The molecule has 136 valence electrons. The fraction of sp³-hybridized carbons (Fsp3) is 0.263. The minimum Gasteiger partial charge on any atom is -0.484 e. The van der Waals surface area contributed by atoms with Crippen LogP contribution >= 0.6 is 28.1 Å². The summed E-state index contributed by atoms with van der Waals surface area (Å²) in [6, 6.07) is 14.9. The van der Waals surface area contributed by atoms with Gasteiger partial charge in [0.25, 0.3) is 5.91 Å². The summed E-state index contributed by atoms with van der Waals surface area (Å²) in [5, 5.41) is 2.79. The number of thiocarbonyl (C=S) groups is 1. The Kier molecular flexibility index (Phi) is 6.60. The van der Waals surface area contributed by atoms with Gasteiger partial charge in [-0.15, -0.1) is 0 Å². The van der Waals surface area contributed by atoms with Gasteiger partial charge in [-0.1, -0.05) is 28.1 Å². The molecule has 0 radical (unpaired) electrons. The van der Waals surface area contributed by atoms with E-state index in [0.717, 1.165) is 33.8 Å². The first kappa shape index (κ1) is 18.8. The maximum atomic E-state index is 12.0. The molecule has 26 heavy (non-hydrogen) atoms. The highest BCUT2D eigenvalue weighted by molar-refractivity contribution is 9.10. The van der Waals surface area contributed by atoms with E-state index in [1.807, 2.05) is 48.5 Å². The number of hydrogen-bond donors (Lipinski definition) is 1. The van der Waals surface area contributed by atoms with E-state index in [1.54, 1.807) is 0 Å². The minimum absolute atomic E-state index is 0.0523. The summed E-state index contributed by atoms with van der Waals surface area (Å²) in [4.78, 5) is 14.9. The smallest absolute Gasteiger partial charge is 0.262 e. The van der Waals surface area contributed by atoms with E-state index in [0.29, 0.717) is 19.0 Å². The van der Waals surface area contributed by atoms with Crippen molar-refractivity contribution in [2.45, 2.75) is 0 Å². The summed E-state index contributed by atoms with van der Waals surface area (Å²) < 4.78 is 11.9. The topological polar surface area (TPSA) is 50.8 Å². The van der Waals surface area contributed by atoms with E-state index in [4.69, 9.17) is 21.7 Å². The molecule has 0 aliphatic carbocycles. The van der Waals surface area contributed by atoms with Crippen LogP contribution in [-0.4, -0.2) is 48.7 Å². The van der Waals surface area contributed by atoms with Crippen LogP contribution in [0.5, 0.6) is 5.75 Å². The lowest BCUT2D eigenvalue weighted by Gasteiger charge is -2.29. The van der Waals surface area contributed by atoms with Gasteiger partial charge in [0.15, 0.2) is 6.61 Å². The Balaban J connectivity index is 1.50. The van der Waals surface area contributed by atoms with E-state index in [2.05, 4.69) is 26.1 Å². The quantitative estimate of drug-likeness (QED) is 0.729. The Hall–Kier alpha value is -1.96. The van der Waals surface area contributed by atoms with Crippen molar-refractivity contribution in [3.8, 4) is 5.75 Å². The highest BCUT2D eigenvalue weighted by atomic mass is 79.9. The van der Waals surface area contributed by atoms with E-state index >= 15 is 0 Å². The summed E-state index contributed by atoms with van der Waals surface area (Å²) in [6.07, 6.45) is 0. The van der Waals surface area contributed by atoms with Gasteiger partial charge < -0.3 is 19.7 Å². The molecule has 1 N–H and O–H groups in total. The molecule has 1 heterocycles. The number of carbonyl (C=O) groups excluding carboxylic acids is 1. The van der Waals surface area contributed by atoms with Gasteiger partial charge in [0.05, 0.1) is 13.2 Å². The number of halogens is 1. The lowest BCUT2D eigenvalue weighted by atomic mass is 10.2. The molecule has 1 saturated heterocycles. The number of ether oxygens (including phenoxy) is 2. The van der Waals surface area contributed by atoms with Gasteiger partial charge in [0.2, 0.25) is 0 Å². The standard InChI is InChI=1S/C19H19BrN2O3S/c20-15-3-5-16(6-4-15)21-18(23)13-25-17-7-1-14(2-8-17)19(26)22-9-11-24-12-10-22/h1-8H,9-13H2,(H,21,23). The first-order valence-electron chi connectivity index (χ1n) is 8.27. The van der Waals surface area contributed by atoms with Gasteiger partial charge in [-0.25, -0.2) is 0 Å². The van der Waals surface area contributed by atoms with E-state index in [1.165, 1.54) is 0 Å². The van der Waals surface area contributed by atoms with Crippen LogP contribution in [0.3, 0.4) is 0 Å². The summed E-state index contributed by atoms with van der Waals surface area (Å²) in [6.45, 7) is 2.98. The molecule has 0 aromatic heterocycles. The van der Waals surface area contributed by atoms with Crippen molar-refractivity contribution in [1.82, 2.24) is 4.90 Å². The number of nitrogens with one attached hydrogen (secondary N) is 1. The number of rotatable bonds is 5. The number of anilines is 1. The predicted molar refractivity (Wildman–Crippen MR) is 109 cm³/mol. The highest BCUT2D eigenvalue weighted by Gasteiger charge is 2.15. The maximum Gasteiger partial charge on any atom is 0.262 e. The zero-order valence-electron chi connectivity index (χ0n) is 14.1. The van der Waals surface area contributed by atoms with Crippen LogP contribution in [0.15, 0.2) is 53.0 Å². The van der Waals surface area contributed by atoms with Crippen molar-refractivity contribution < 1.29 is 14.3 Å². The maximum absolute atomic E-state index is 12.0. The Morgan fingerprint density at radius 1 is 1.12 bits per heavy atom. The summed E-state index contributed by atoms with van der Waals surface area (Å²) in [5.74, 6) is 0.421. The van der Waals surface area contributed by atoms with Crippen molar-refractivity contribution in [2.24, 2.45) is 0 Å². The normalized spacial score (nSPS) is 14.0. The van der Waals surface area contributed by atoms with Crippen LogP contribution in [-0.2, 0) is 9.53 Å². The highest BCUT2D eigenvalue weighted by Crippen LogP contribution is 2.16. The molecule has 5 nitrogen and oxygen atoms in total. The average Bonchev–Trinajstić information content (AvgIpc) is 2.69. The van der Waals surface area contributed by atoms with Gasteiger partial charge in [0.1, 0.15) is 10.7 Å². The molecular formula is C19H19BrN2O3S. The van der Waals surface area contributed by atoms with Crippen molar-refractivity contribution in [3.63, 3.8) is 0 Å². The SMILES string of the molecule is O=C(COc1ccc(C(=S)N2CCOCC2)cc1)Nc1ccc(Br)cc1. The second-order valence-electron chi connectivity index (χ2n) is 5.77. The molecule has 1 aliphatic rings. The molecular weight excluding hydrogens is 416 g/mol. The first-order chi connectivity index (χ1) is 12.6. The largest absolute Gasteiger partial charge is 0.484 e. The third-order valence-electron chi connectivity index (χ3n) is 3.90. The van der Waals surface area contributed by atoms with Crippen molar-refractivity contribution >= 4 is 44.7 Å². The third-order valence-corrected chi connectivity index (χ3v) is 4.92. The fourth-order valence-corrected chi connectivity index (χ4v) is 3.10. The van der Waals surface area contributed by atoms with Gasteiger partial charge in [-0.05, 0) is 48.5 Å². The predicted octanol–water partition coefficient (Wildman–Crippen LogP) is 3.47. The van der Waals surface area contributed by atoms with Crippen molar-refractivity contribution in [2.75, 3.05) is 38.2 Å². The molecule has 0 saturated carbocycles. The third kappa shape index (κ3) is 5.27.